The minimum absolute atomic E-state index is 0.116. The fourth-order valence-electron chi connectivity index (χ4n) is 4.37. The Labute approximate surface area is 189 Å². The molecule has 2 aromatic rings. The third kappa shape index (κ3) is 3.80. The molecule has 0 saturated heterocycles. The molecule has 1 aliphatic heterocycles. The molecule has 1 saturated carbocycles. The Morgan fingerprint density at radius 3 is 2.62 bits per heavy atom. The van der Waals surface area contributed by atoms with Crippen LogP contribution < -0.4 is 16.0 Å². The zero-order valence-corrected chi connectivity index (χ0v) is 18.5. The van der Waals surface area contributed by atoms with Crippen LogP contribution >= 0.6 is 11.6 Å². The van der Waals surface area contributed by atoms with Gasteiger partial charge in [0.25, 0.3) is 5.91 Å². The summed E-state index contributed by atoms with van der Waals surface area (Å²) in [5.41, 5.74) is 1.10. The minimum Gasteiger partial charge on any atom is -0.371 e. The summed E-state index contributed by atoms with van der Waals surface area (Å²) >= 11 is 5.80. The fraction of sp³-hybridized carbons (Fsp3) is 0.409. The first kappa shape index (κ1) is 22.4. The first-order valence-electron chi connectivity index (χ1n) is 10.4. The molecule has 170 valence electrons. The van der Waals surface area contributed by atoms with E-state index >= 15 is 0 Å². The molecule has 10 heteroatoms. The Bertz CT molecular complexity index is 1130. The van der Waals surface area contributed by atoms with E-state index in [1.807, 2.05) is 0 Å². The van der Waals surface area contributed by atoms with Crippen LogP contribution in [0, 0.1) is 12.7 Å². The molecule has 0 bridgehead atoms. The van der Waals surface area contributed by atoms with Crippen LogP contribution in [0.25, 0.3) is 0 Å². The molecule has 0 spiro atoms. The number of anilines is 1. The molecule has 2 amide bonds. The van der Waals surface area contributed by atoms with E-state index in [2.05, 4.69) is 16.0 Å². The van der Waals surface area contributed by atoms with Crippen molar-refractivity contribution in [2.24, 2.45) is 0 Å². The maximum atomic E-state index is 13.4. The van der Waals surface area contributed by atoms with Crippen LogP contribution in [0.5, 0.6) is 0 Å². The third-order valence-electron chi connectivity index (χ3n) is 6.12. The summed E-state index contributed by atoms with van der Waals surface area (Å²) in [6, 6.07) is 3.87. The van der Waals surface area contributed by atoms with Crippen molar-refractivity contribution >= 4 is 34.9 Å². The van der Waals surface area contributed by atoms with Gasteiger partial charge in [0.05, 0.1) is 5.02 Å². The van der Waals surface area contributed by atoms with Gasteiger partial charge in [-0.25, -0.2) is 4.39 Å². The highest BCUT2D eigenvalue weighted by Gasteiger charge is 2.51. The molecule has 32 heavy (non-hydrogen) atoms. The number of hydrogen-bond acceptors (Lipinski definition) is 5. The standard InChI is InChI=1S/C22H24ClFN4O4/c1-11-16(18(29)20(31)27-22(7-8-22)21(32)25-2)15-4-3-9-28(15)17(11)19(30)26-12-5-6-14(24)13(23)10-12/h5-6,10,20,27,31H,3-4,7-9H2,1-2H3,(H,25,32)(H,26,30). The summed E-state index contributed by atoms with van der Waals surface area (Å²) in [5.74, 6) is -1.91. The average Bonchev–Trinajstić information content (AvgIpc) is 3.29. The highest BCUT2D eigenvalue weighted by Crippen LogP contribution is 2.37. The predicted octanol–water partition coefficient (Wildman–Crippen LogP) is 2.16. The topological polar surface area (TPSA) is 112 Å². The third-order valence-corrected chi connectivity index (χ3v) is 6.41. The van der Waals surface area contributed by atoms with Gasteiger partial charge in [-0.05, 0) is 56.4 Å². The highest BCUT2D eigenvalue weighted by atomic mass is 35.5. The van der Waals surface area contributed by atoms with E-state index in [0.717, 1.165) is 12.5 Å². The predicted molar refractivity (Wildman–Crippen MR) is 116 cm³/mol. The Morgan fingerprint density at radius 1 is 1.28 bits per heavy atom. The van der Waals surface area contributed by atoms with E-state index in [9.17, 15) is 23.9 Å². The molecule has 1 atom stereocenters. The molecule has 0 radical (unpaired) electrons. The highest BCUT2D eigenvalue weighted by molar-refractivity contribution is 6.31. The second kappa shape index (κ2) is 8.31. The van der Waals surface area contributed by atoms with Crippen LogP contribution in [0.2, 0.25) is 5.02 Å². The number of carbonyl (C=O) groups excluding carboxylic acids is 3. The van der Waals surface area contributed by atoms with E-state index in [-0.39, 0.29) is 16.5 Å². The lowest BCUT2D eigenvalue weighted by atomic mass is 10.0. The van der Waals surface area contributed by atoms with Crippen molar-refractivity contribution in [3.63, 3.8) is 0 Å². The van der Waals surface area contributed by atoms with Gasteiger partial charge in [-0.3, -0.25) is 19.7 Å². The Hall–Kier alpha value is -2.75. The van der Waals surface area contributed by atoms with Crippen molar-refractivity contribution < 1.29 is 23.9 Å². The molecular formula is C22H24ClFN4O4. The van der Waals surface area contributed by atoms with Crippen LogP contribution in [-0.2, 0) is 17.8 Å². The lowest BCUT2D eigenvalue weighted by molar-refractivity contribution is -0.124. The number of halogens is 2. The monoisotopic (exact) mass is 462 g/mol. The molecule has 1 aromatic heterocycles. The molecule has 2 aliphatic rings. The van der Waals surface area contributed by atoms with Gasteiger partial charge in [0.15, 0.2) is 6.23 Å². The lowest BCUT2D eigenvalue weighted by Gasteiger charge is -2.20. The molecule has 4 N–H and O–H groups in total. The average molecular weight is 463 g/mol. The molecule has 2 heterocycles. The zero-order valence-electron chi connectivity index (χ0n) is 17.7. The fourth-order valence-corrected chi connectivity index (χ4v) is 4.55. The molecule has 1 unspecified atom stereocenters. The number of ketones is 1. The van der Waals surface area contributed by atoms with Gasteiger partial charge in [-0.15, -0.1) is 0 Å². The zero-order chi connectivity index (χ0) is 23.2. The van der Waals surface area contributed by atoms with E-state index in [0.29, 0.717) is 48.4 Å². The van der Waals surface area contributed by atoms with Crippen LogP contribution in [0.3, 0.4) is 0 Å². The van der Waals surface area contributed by atoms with Crippen molar-refractivity contribution in [2.45, 2.75) is 50.9 Å². The van der Waals surface area contributed by atoms with Crippen LogP contribution in [0.15, 0.2) is 18.2 Å². The van der Waals surface area contributed by atoms with Crippen LogP contribution in [0.4, 0.5) is 10.1 Å². The number of hydrogen-bond donors (Lipinski definition) is 4. The number of fused-ring (bicyclic) bond motifs is 1. The number of carbonyl (C=O) groups is 3. The first-order chi connectivity index (χ1) is 15.2. The number of nitrogens with zero attached hydrogens (tertiary/aromatic N) is 1. The van der Waals surface area contributed by atoms with E-state index < -0.39 is 29.3 Å². The maximum absolute atomic E-state index is 13.4. The molecule has 1 aliphatic carbocycles. The summed E-state index contributed by atoms with van der Waals surface area (Å²) in [4.78, 5) is 38.3. The smallest absolute Gasteiger partial charge is 0.272 e. The number of Topliss-reactive ketones (excluding diaryl/α,β-unsaturated/α-hetero) is 1. The van der Waals surface area contributed by atoms with E-state index in [1.54, 1.807) is 11.5 Å². The number of aliphatic hydroxyl groups is 1. The van der Waals surface area contributed by atoms with Gasteiger partial charge < -0.3 is 20.3 Å². The number of likely N-dealkylation sites (N-methyl/N-ethyl adjacent to an activating group) is 1. The van der Waals surface area contributed by atoms with E-state index in [4.69, 9.17) is 11.6 Å². The molecule has 1 aromatic carbocycles. The molecule has 4 rings (SSSR count). The van der Waals surface area contributed by atoms with Gasteiger partial charge in [0, 0.05) is 30.5 Å². The first-order valence-corrected chi connectivity index (χ1v) is 10.8. The van der Waals surface area contributed by atoms with Gasteiger partial charge in [-0.1, -0.05) is 11.6 Å². The van der Waals surface area contributed by atoms with Crippen molar-refractivity contribution in [1.29, 1.82) is 0 Å². The number of aliphatic hydroxyl groups excluding tert-OH is 1. The van der Waals surface area contributed by atoms with Gasteiger partial charge in [0.2, 0.25) is 11.7 Å². The minimum atomic E-state index is -1.58. The molecule has 1 fully saturated rings. The number of rotatable bonds is 7. The summed E-state index contributed by atoms with van der Waals surface area (Å²) < 4.78 is 15.2. The molecular weight excluding hydrogens is 439 g/mol. The van der Waals surface area contributed by atoms with Crippen molar-refractivity contribution in [1.82, 2.24) is 15.2 Å². The maximum Gasteiger partial charge on any atom is 0.272 e. The summed E-state index contributed by atoms with van der Waals surface area (Å²) in [6.07, 6.45) is 0.818. The second-order valence-electron chi connectivity index (χ2n) is 8.21. The van der Waals surface area contributed by atoms with Crippen LogP contribution in [0.1, 0.15) is 51.4 Å². The largest absolute Gasteiger partial charge is 0.371 e. The lowest BCUT2D eigenvalue weighted by Crippen LogP contribution is -2.52. The van der Waals surface area contributed by atoms with Gasteiger partial charge in [-0.2, -0.15) is 0 Å². The number of benzene rings is 1. The van der Waals surface area contributed by atoms with Crippen molar-refractivity contribution in [3.8, 4) is 0 Å². The van der Waals surface area contributed by atoms with Crippen LogP contribution in [-0.4, -0.2) is 46.1 Å². The van der Waals surface area contributed by atoms with Crippen molar-refractivity contribution in [2.75, 3.05) is 12.4 Å². The Kier molecular flexibility index (Phi) is 5.83. The Balaban J connectivity index is 1.61. The number of amides is 2. The normalized spacial score (nSPS) is 16.9. The molecule has 8 nitrogen and oxygen atoms in total. The Morgan fingerprint density at radius 2 is 2.00 bits per heavy atom. The summed E-state index contributed by atoms with van der Waals surface area (Å²) in [5, 5.41) is 18.5. The number of nitrogens with one attached hydrogen (secondary N) is 3. The number of aromatic nitrogens is 1. The second-order valence-corrected chi connectivity index (χ2v) is 8.61. The van der Waals surface area contributed by atoms with Gasteiger partial charge in [0.1, 0.15) is 17.1 Å². The van der Waals surface area contributed by atoms with Crippen molar-refractivity contribution in [3.05, 3.63) is 51.6 Å². The summed E-state index contributed by atoms with van der Waals surface area (Å²) in [7, 11) is 1.50. The van der Waals surface area contributed by atoms with Gasteiger partial charge >= 0.3 is 0 Å². The summed E-state index contributed by atoms with van der Waals surface area (Å²) in [6.45, 7) is 2.21. The quantitative estimate of drug-likeness (QED) is 0.372. The SMILES string of the molecule is CNC(=O)C1(NC(O)C(=O)c2c(C)c(C(=O)Nc3ccc(F)c(Cl)c3)n3c2CCC3)CC1. The van der Waals surface area contributed by atoms with E-state index in [1.165, 1.54) is 19.2 Å².